The zero-order valence-corrected chi connectivity index (χ0v) is 17.2. The monoisotopic (exact) mass is 462 g/mol. The summed E-state index contributed by atoms with van der Waals surface area (Å²) in [5, 5.41) is 0. The molecule has 0 heterocycles. The summed E-state index contributed by atoms with van der Waals surface area (Å²) < 4.78 is 2.18. The Hall–Kier alpha value is -2.16. The van der Waals surface area contributed by atoms with E-state index in [0.717, 1.165) is 8.95 Å². The quantitative estimate of drug-likeness (QED) is 0.287. The first kappa shape index (κ1) is 17.3. The van der Waals surface area contributed by atoms with Crippen molar-refractivity contribution in [3.05, 3.63) is 106 Å². The van der Waals surface area contributed by atoms with Gasteiger partial charge in [-0.05, 0) is 63.7 Å². The molecule has 26 heavy (non-hydrogen) atoms. The first-order valence-electron chi connectivity index (χ1n) is 8.42. The van der Waals surface area contributed by atoms with Gasteiger partial charge in [-0.25, -0.2) is 0 Å². The Balaban J connectivity index is 1.90. The maximum absolute atomic E-state index is 3.54. The molecule has 0 amide bonds. The summed E-state index contributed by atoms with van der Waals surface area (Å²) in [4.78, 5) is 0. The summed E-state index contributed by atoms with van der Waals surface area (Å²) in [5.74, 6) is 0. The lowest BCUT2D eigenvalue weighted by Gasteiger charge is -2.13. The molecule has 0 N–H and O–H groups in total. The van der Waals surface area contributed by atoms with E-state index in [1.165, 1.54) is 33.4 Å². The maximum Gasteiger partial charge on any atom is 0.0175 e. The SMILES string of the molecule is Brc1ccc(-c2ccc(-c3ccccc3)cc2-c2ccc(Br)cc2)cc1. The Labute approximate surface area is 170 Å². The van der Waals surface area contributed by atoms with E-state index in [9.17, 15) is 0 Å². The van der Waals surface area contributed by atoms with E-state index < -0.39 is 0 Å². The smallest absolute Gasteiger partial charge is 0.0175 e. The van der Waals surface area contributed by atoms with Crippen LogP contribution in [0.3, 0.4) is 0 Å². The molecular formula is C24H16Br2. The first-order chi connectivity index (χ1) is 12.7. The number of benzene rings is 4. The van der Waals surface area contributed by atoms with Crippen LogP contribution in [0.25, 0.3) is 33.4 Å². The van der Waals surface area contributed by atoms with Gasteiger partial charge < -0.3 is 0 Å². The van der Waals surface area contributed by atoms with E-state index in [2.05, 4.69) is 129 Å². The Kier molecular flexibility index (Phi) is 5.05. The number of hydrogen-bond donors (Lipinski definition) is 0. The average molecular weight is 464 g/mol. The van der Waals surface area contributed by atoms with E-state index in [0.29, 0.717) is 0 Å². The normalized spacial score (nSPS) is 10.7. The van der Waals surface area contributed by atoms with Crippen LogP contribution in [0.1, 0.15) is 0 Å². The van der Waals surface area contributed by atoms with Crippen molar-refractivity contribution in [3.63, 3.8) is 0 Å². The van der Waals surface area contributed by atoms with Crippen LogP contribution in [0.5, 0.6) is 0 Å². The highest BCUT2D eigenvalue weighted by Gasteiger charge is 2.10. The molecule has 0 unspecified atom stereocenters. The van der Waals surface area contributed by atoms with Gasteiger partial charge in [0.2, 0.25) is 0 Å². The van der Waals surface area contributed by atoms with Crippen LogP contribution in [-0.2, 0) is 0 Å². The fraction of sp³-hybridized carbons (Fsp3) is 0. The highest BCUT2D eigenvalue weighted by atomic mass is 79.9. The van der Waals surface area contributed by atoms with Gasteiger partial charge in [-0.15, -0.1) is 0 Å². The van der Waals surface area contributed by atoms with Gasteiger partial charge in [0.05, 0.1) is 0 Å². The fourth-order valence-electron chi connectivity index (χ4n) is 3.10. The van der Waals surface area contributed by atoms with Crippen molar-refractivity contribution in [1.29, 1.82) is 0 Å². The summed E-state index contributed by atoms with van der Waals surface area (Å²) in [6, 6.07) is 34.2. The highest BCUT2D eigenvalue weighted by Crippen LogP contribution is 2.36. The molecule has 0 atom stereocenters. The predicted octanol–water partition coefficient (Wildman–Crippen LogP) is 8.21. The van der Waals surface area contributed by atoms with E-state index >= 15 is 0 Å². The highest BCUT2D eigenvalue weighted by molar-refractivity contribution is 9.10. The molecule has 126 valence electrons. The average Bonchev–Trinajstić information content (AvgIpc) is 2.70. The molecule has 0 aliphatic rings. The molecule has 0 spiro atoms. The lowest BCUT2D eigenvalue weighted by molar-refractivity contribution is 1.55. The molecule has 2 heteroatoms. The van der Waals surface area contributed by atoms with Gasteiger partial charge >= 0.3 is 0 Å². The minimum atomic E-state index is 1.09. The summed E-state index contributed by atoms with van der Waals surface area (Å²) in [7, 11) is 0. The molecule has 0 aliphatic carbocycles. The Morgan fingerprint density at radius 2 is 0.885 bits per heavy atom. The van der Waals surface area contributed by atoms with E-state index in [1.807, 2.05) is 0 Å². The zero-order chi connectivity index (χ0) is 17.9. The van der Waals surface area contributed by atoms with Gasteiger partial charge in [0, 0.05) is 8.95 Å². The van der Waals surface area contributed by atoms with Gasteiger partial charge in [0.15, 0.2) is 0 Å². The van der Waals surface area contributed by atoms with Gasteiger partial charge in [-0.1, -0.05) is 98.6 Å². The van der Waals surface area contributed by atoms with Crippen LogP contribution < -0.4 is 0 Å². The molecule has 0 saturated carbocycles. The largest absolute Gasteiger partial charge is 0.0622 e. The van der Waals surface area contributed by atoms with Crippen molar-refractivity contribution in [1.82, 2.24) is 0 Å². The fourth-order valence-corrected chi connectivity index (χ4v) is 3.63. The summed E-state index contributed by atoms with van der Waals surface area (Å²) in [6.45, 7) is 0. The van der Waals surface area contributed by atoms with E-state index in [-0.39, 0.29) is 0 Å². The van der Waals surface area contributed by atoms with Gasteiger partial charge in [0.25, 0.3) is 0 Å². The molecule has 0 aliphatic heterocycles. The molecule has 4 rings (SSSR count). The third kappa shape index (κ3) is 3.67. The summed E-state index contributed by atoms with van der Waals surface area (Å²) >= 11 is 7.06. The Bertz CT molecular complexity index is 1020. The van der Waals surface area contributed by atoms with Crippen LogP contribution in [0.4, 0.5) is 0 Å². The van der Waals surface area contributed by atoms with Crippen molar-refractivity contribution in [2.75, 3.05) is 0 Å². The molecule has 0 radical (unpaired) electrons. The lowest BCUT2D eigenvalue weighted by atomic mass is 9.91. The second-order valence-electron chi connectivity index (χ2n) is 6.14. The van der Waals surface area contributed by atoms with Crippen LogP contribution >= 0.6 is 31.9 Å². The van der Waals surface area contributed by atoms with Crippen molar-refractivity contribution in [3.8, 4) is 33.4 Å². The third-order valence-electron chi connectivity index (χ3n) is 4.44. The molecule has 4 aromatic carbocycles. The Morgan fingerprint density at radius 3 is 1.46 bits per heavy atom. The van der Waals surface area contributed by atoms with Gasteiger partial charge in [-0.2, -0.15) is 0 Å². The summed E-state index contributed by atoms with van der Waals surface area (Å²) in [5.41, 5.74) is 7.35. The number of hydrogen-bond acceptors (Lipinski definition) is 0. The third-order valence-corrected chi connectivity index (χ3v) is 5.49. The van der Waals surface area contributed by atoms with Crippen molar-refractivity contribution >= 4 is 31.9 Å². The topological polar surface area (TPSA) is 0 Å². The maximum atomic E-state index is 3.54. The first-order valence-corrected chi connectivity index (χ1v) is 10.0. The molecular weight excluding hydrogens is 448 g/mol. The molecule has 0 saturated heterocycles. The number of halogens is 2. The van der Waals surface area contributed by atoms with Crippen LogP contribution in [0, 0.1) is 0 Å². The van der Waals surface area contributed by atoms with Crippen LogP contribution in [0.15, 0.2) is 106 Å². The van der Waals surface area contributed by atoms with Gasteiger partial charge in [-0.3, -0.25) is 0 Å². The molecule has 0 aromatic heterocycles. The van der Waals surface area contributed by atoms with Crippen LogP contribution in [-0.4, -0.2) is 0 Å². The minimum Gasteiger partial charge on any atom is -0.0622 e. The molecule has 4 aromatic rings. The van der Waals surface area contributed by atoms with Crippen molar-refractivity contribution < 1.29 is 0 Å². The predicted molar refractivity (Wildman–Crippen MR) is 118 cm³/mol. The molecule has 0 nitrogen and oxygen atoms in total. The van der Waals surface area contributed by atoms with Crippen molar-refractivity contribution in [2.45, 2.75) is 0 Å². The Morgan fingerprint density at radius 1 is 0.385 bits per heavy atom. The minimum absolute atomic E-state index is 1.09. The molecule has 0 fully saturated rings. The molecule has 0 bridgehead atoms. The van der Waals surface area contributed by atoms with E-state index in [4.69, 9.17) is 0 Å². The lowest BCUT2D eigenvalue weighted by Crippen LogP contribution is -1.88. The standard InChI is InChI=1S/C24H16Br2/c25-21-11-6-18(7-12-21)23-15-10-20(17-4-2-1-3-5-17)16-24(23)19-8-13-22(26)14-9-19/h1-16H. The van der Waals surface area contributed by atoms with Crippen LogP contribution in [0.2, 0.25) is 0 Å². The number of rotatable bonds is 3. The zero-order valence-electron chi connectivity index (χ0n) is 14.0. The second-order valence-corrected chi connectivity index (χ2v) is 7.97. The van der Waals surface area contributed by atoms with Crippen molar-refractivity contribution in [2.24, 2.45) is 0 Å². The van der Waals surface area contributed by atoms with Gasteiger partial charge in [0.1, 0.15) is 0 Å². The second kappa shape index (κ2) is 7.61. The summed E-state index contributed by atoms with van der Waals surface area (Å²) in [6.07, 6.45) is 0. The van der Waals surface area contributed by atoms with E-state index in [1.54, 1.807) is 0 Å².